The summed E-state index contributed by atoms with van der Waals surface area (Å²) in [4.78, 5) is 32.0. The molecule has 0 aliphatic carbocycles. The minimum absolute atomic E-state index is 0.00289. The molecule has 10 nitrogen and oxygen atoms in total. The number of carboxylic acid groups (broad SMARTS) is 1. The first kappa shape index (κ1) is 42.2. The molecule has 59 heavy (non-hydrogen) atoms. The topological polar surface area (TPSA) is 127 Å². The van der Waals surface area contributed by atoms with Crippen LogP contribution in [0.1, 0.15) is 62.8 Å². The summed E-state index contributed by atoms with van der Waals surface area (Å²) in [5.74, 6) is 1.24. The summed E-state index contributed by atoms with van der Waals surface area (Å²) in [5.41, 5.74) is 6.08. The zero-order chi connectivity index (χ0) is 41.7. The van der Waals surface area contributed by atoms with Crippen molar-refractivity contribution in [3.63, 3.8) is 0 Å². The molecule has 4 N–H and O–H groups in total. The van der Waals surface area contributed by atoms with Gasteiger partial charge in [-0.25, -0.2) is 4.79 Å². The lowest BCUT2D eigenvalue weighted by Gasteiger charge is -2.48. The summed E-state index contributed by atoms with van der Waals surface area (Å²) >= 11 is 0. The van der Waals surface area contributed by atoms with Gasteiger partial charge in [0, 0.05) is 30.1 Å². The number of phenolic OH excluding ortho intramolecular Hbond substituents is 1. The number of nitrogens with one attached hydrogen (secondary N) is 2. The predicted molar refractivity (Wildman–Crippen MR) is 239 cm³/mol. The predicted octanol–water partition coefficient (Wildman–Crippen LogP) is 9.39. The summed E-state index contributed by atoms with van der Waals surface area (Å²) in [6.45, 7) is 15.9. The number of amides is 1. The summed E-state index contributed by atoms with van der Waals surface area (Å²) < 4.78 is 13.2. The molecule has 4 aromatic carbocycles. The second kappa shape index (κ2) is 18.1. The molecule has 1 aromatic heterocycles. The number of carbonyl (C=O) groups is 1. The van der Waals surface area contributed by atoms with E-state index >= 15 is 0 Å². The number of H-pyrrole nitrogens is 1. The van der Waals surface area contributed by atoms with Crippen molar-refractivity contribution in [2.24, 2.45) is 5.92 Å². The largest absolute Gasteiger partial charge is 0.506 e. The van der Waals surface area contributed by atoms with Crippen LogP contribution in [0, 0.1) is 5.92 Å². The Morgan fingerprint density at radius 1 is 0.949 bits per heavy atom. The molecule has 1 amide bonds. The molecule has 312 valence electrons. The van der Waals surface area contributed by atoms with E-state index in [0.717, 1.165) is 103 Å². The number of aryl methyl sites for hydroxylation is 1. The highest BCUT2D eigenvalue weighted by Crippen LogP contribution is 2.42. The summed E-state index contributed by atoms with van der Waals surface area (Å²) in [5, 5.41) is 25.6. The summed E-state index contributed by atoms with van der Waals surface area (Å²) in [6.07, 6.45) is 3.27. The van der Waals surface area contributed by atoms with Gasteiger partial charge in [0.15, 0.2) is 8.32 Å². The molecule has 0 radical (unpaired) electrons. The Bertz CT molecular complexity index is 2280. The van der Waals surface area contributed by atoms with Crippen LogP contribution in [0.4, 0.5) is 10.5 Å². The number of pyridine rings is 1. The van der Waals surface area contributed by atoms with Crippen molar-refractivity contribution in [1.82, 2.24) is 15.2 Å². The lowest BCUT2D eigenvalue weighted by atomic mass is 9.82. The molecule has 3 saturated heterocycles. The van der Waals surface area contributed by atoms with Crippen LogP contribution in [0.15, 0.2) is 102 Å². The van der Waals surface area contributed by atoms with E-state index in [1.54, 1.807) is 17.0 Å². The molecule has 3 fully saturated rings. The third-order valence-corrected chi connectivity index (χ3v) is 17.2. The molecule has 2 atom stereocenters. The summed E-state index contributed by atoms with van der Waals surface area (Å²) in [7, 11) is -2.19. The van der Waals surface area contributed by atoms with E-state index in [4.69, 9.17) is 9.16 Å². The van der Waals surface area contributed by atoms with Gasteiger partial charge < -0.3 is 34.6 Å². The number of aromatic nitrogens is 1. The number of benzene rings is 4. The highest BCUT2D eigenvalue weighted by molar-refractivity contribution is 6.74. The molecular formula is C48H60N4O6Si. The number of hydrogen-bond donors (Lipinski definition) is 4. The quantitative estimate of drug-likeness (QED) is 0.0574. The Morgan fingerprint density at radius 2 is 1.71 bits per heavy atom. The Morgan fingerprint density at radius 3 is 2.42 bits per heavy atom. The fourth-order valence-corrected chi connectivity index (χ4v) is 9.73. The molecule has 0 spiro atoms. The van der Waals surface area contributed by atoms with Crippen LogP contribution < -0.4 is 20.5 Å². The van der Waals surface area contributed by atoms with E-state index in [1.807, 2.05) is 36.4 Å². The van der Waals surface area contributed by atoms with Gasteiger partial charge >= 0.3 is 6.09 Å². The molecule has 11 heteroatoms. The fourth-order valence-electron chi connectivity index (χ4n) is 8.45. The Hall–Kier alpha value is -4.94. The third kappa shape index (κ3) is 9.92. The molecule has 8 rings (SSSR count). The van der Waals surface area contributed by atoms with E-state index in [2.05, 4.69) is 91.5 Å². The van der Waals surface area contributed by atoms with Crippen molar-refractivity contribution < 1.29 is 24.2 Å². The van der Waals surface area contributed by atoms with Gasteiger partial charge in [0.05, 0.1) is 30.0 Å². The Balaban J connectivity index is 0.974. The number of anilines is 1. The maximum Gasteiger partial charge on any atom is 0.412 e. The average molecular weight is 817 g/mol. The van der Waals surface area contributed by atoms with Crippen LogP contribution in [0.3, 0.4) is 0 Å². The number of aromatic hydroxyl groups is 1. The Kier molecular flexibility index (Phi) is 13.0. The van der Waals surface area contributed by atoms with Crippen molar-refractivity contribution in [3.05, 3.63) is 124 Å². The normalized spacial score (nSPS) is 18.5. The minimum atomic E-state index is -2.19. The van der Waals surface area contributed by atoms with Crippen molar-refractivity contribution in [1.29, 1.82) is 0 Å². The maximum atomic E-state index is 13.0. The number of piperidine rings is 3. The first-order valence-electron chi connectivity index (χ1n) is 21.2. The molecule has 3 aliphatic heterocycles. The number of nitrogens with zero attached hydrogens (tertiary/aromatic N) is 2. The molecule has 2 bridgehead atoms. The highest BCUT2D eigenvalue weighted by Gasteiger charge is 2.41. The lowest BCUT2D eigenvalue weighted by Crippen LogP contribution is -2.59. The van der Waals surface area contributed by atoms with Gasteiger partial charge in [-0.1, -0.05) is 81.4 Å². The zero-order valence-corrected chi connectivity index (χ0v) is 36.2. The smallest absolute Gasteiger partial charge is 0.412 e. The third-order valence-electron chi connectivity index (χ3n) is 12.8. The number of hydrogen-bond acceptors (Lipinski definition) is 7. The summed E-state index contributed by atoms with van der Waals surface area (Å²) in [6, 6.07) is 31.4. The molecule has 1 unspecified atom stereocenters. The van der Waals surface area contributed by atoms with Gasteiger partial charge in [0.1, 0.15) is 11.5 Å². The molecular weight excluding hydrogens is 757 g/mol. The molecule has 0 saturated carbocycles. The first-order chi connectivity index (χ1) is 28.3. The van der Waals surface area contributed by atoms with Gasteiger partial charge in [0.25, 0.3) is 0 Å². The van der Waals surface area contributed by atoms with Gasteiger partial charge in [-0.3, -0.25) is 9.69 Å². The van der Waals surface area contributed by atoms with Crippen molar-refractivity contribution in [3.8, 4) is 22.6 Å². The van der Waals surface area contributed by atoms with E-state index in [1.165, 1.54) is 6.07 Å². The molecule has 5 aromatic rings. The van der Waals surface area contributed by atoms with Crippen LogP contribution in [0.25, 0.3) is 22.0 Å². The number of aromatic amines is 1. The standard InChI is InChI=1S/C48H60N4O6Si/c1-48(2,3)59(4,5)58-44(39-18-20-43(53)46-40(39)19-21-45(54)50-46)31-49-25-22-34-11-9-15-37(29-34)57-28-10-12-33-16-17-38(35-13-7-6-8-14-35)41(30-33)52(47(55)56)42-32-51-26-23-36(42)24-27-51/h6-9,11,13-21,29-30,36,42,44,49,53H,10,12,22-28,31-32H2,1-5H3,(H,50,54)(H,55,56)/t42?,44-/m0/s1. The Labute approximate surface area is 349 Å². The SMILES string of the molecule is CC(C)(C)[Si](C)(C)O[C@@H](CNCCc1cccc(OCCCc2ccc(-c3ccccc3)c(N(C(=O)O)C3CN4CCC3CC4)c2)c1)c1ccc(O)c2[nH]c(=O)ccc12. The second-order valence-electron chi connectivity index (χ2n) is 17.8. The van der Waals surface area contributed by atoms with Crippen molar-refractivity contribution >= 4 is 31.0 Å². The van der Waals surface area contributed by atoms with Crippen LogP contribution in [0.2, 0.25) is 18.1 Å². The number of phenols is 1. The van der Waals surface area contributed by atoms with Crippen LogP contribution in [-0.2, 0) is 17.3 Å². The highest BCUT2D eigenvalue weighted by atomic mass is 28.4. The molecule has 4 heterocycles. The van der Waals surface area contributed by atoms with Gasteiger partial charge in [-0.05, 0) is 128 Å². The first-order valence-corrected chi connectivity index (χ1v) is 24.1. The van der Waals surface area contributed by atoms with E-state index in [0.29, 0.717) is 24.6 Å². The van der Waals surface area contributed by atoms with Crippen molar-refractivity contribution in [2.45, 2.75) is 83.2 Å². The van der Waals surface area contributed by atoms with Gasteiger partial charge in [0.2, 0.25) is 5.56 Å². The second-order valence-corrected chi connectivity index (χ2v) is 22.5. The van der Waals surface area contributed by atoms with Crippen LogP contribution >= 0.6 is 0 Å². The maximum absolute atomic E-state index is 13.0. The average Bonchev–Trinajstić information content (AvgIpc) is 3.21. The zero-order valence-electron chi connectivity index (χ0n) is 35.2. The van der Waals surface area contributed by atoms with Gasteiger partial charge in [-0.2, -0.15) is 0 Å². The van der Waals surface area contributed by atoms with Crippen LogP contribution in [-0.4, -0.2) is 79.9 Å². The lowest BCUT2D eigenvalue weighted by molar-refractivity contribution is 0.0837. The van der Waals surface area contributed by atoms with E-state index < -0.39 is 14.4 Å². The van der Waals surface area contributed by atoms with Gasteiger partial charge in [-0.15, -0.1) is 0 Å². The van der Waals surface area contributed by atoms with E-state index in [-0.39, 0.29) is 28.5 Å². The number of fused-ring (bicyclic) bond motifs is 4. The van der Waals surface area contributed by atoms with Crippen molar-refractivity contribution in [2.75, 3.05) is 44.2 Å². The minimum Gasteiger partial charge on any atom is -0.506 e. The number of ether oxygens (including phenoxy) is 1. The van der Waals surface area contributed by atoms with Crippen LogP contribution in [0.5, 0.6) is 11.5 Å². The monoisotopic (exact) mass is 816 g/mol. The number of rotatable bonds is 16. The molecule has 3 aliphatic rings. The van der Waals surface area contributed by atoms with E-state index in [9.17, 15) is 19.8 Å². The fraction of sp³-hybridized carbons (Fsp3) is 0.417.